The Labute approximate surface area is 104 Å². The van der Waals surface area contributed by atoms with Crippen LogP contribution in [0.3, 0.4) is 0 Å². The molecule has 2 aliphatic rings. The summed E-state index contributed by atoms with van der Waals surface area (Å²) in [5.74, 6) is 0.377. The number of furan rings is 1. The van der Waals surface area contributed by atoms with Crippen molar-refractivity contribution in [1.82, 2.24) is 15.5 Å². The normalized spacial score (nSPS) is 19.4. The van der Waals surface area contributed by atoms with Gasteiger partial charge in [0.1, 0.15) is 11.5 Å². The van der Waals surface area contributed by atoms with Gasteiger partial charge in [-0.25, -0.2) is 0 Å². The fourth-order valence-electron chi connectivity index (χ4n) is 2.25. The van der Waals surface area contributed by atoms with E-state index < -0.39 is 0 Å². The maximum atomic E-state index is 12.0. The maximum Gasteiger partial charge on any atom is 0.269 e. The summed E-state index contributed by atoms with van der Waals surface area (Å²) in [4.78, 5) is 25.4. The van der Waals surface area contributed by atoms with Crippen molar-refractivity contribution < 1.29 is 14.0 Å². The summed E-state index contributed by atoms with van der Waals surface area (Å²) in [5, 5.41) is 5.62. The van der Waals surface area contributed by atoms with Crippen LogP contribution in [0.5, 0.6) is 0 Å². The predicted molar refractivity (Wildman–Crippen MR) is 61.9 cm³/mol. The molecule has 0 atom stereocenters. The fraction of sp³-hybridized carbons (Fsp3) is 0.333. The number of carbonyl (C=O) groups excluding carboxylic acids is 2. The molecule has 0 saturated carbocycles. The molecule has 0 bridgehead atoms. The topological polar surface area (TPSA) is 74.6 Å². The molecule has 1 aromatic heterocycles. The summed E-state index contributed by atoms with van der Waals surface area (Å²) in [6.07, 6.45) is 2.25. The zero-order valence-electron chi connectivity index (χ0n) is 9.73. The highest BCUT2D eigenvalue weighted by molar-refractivity contribution is 5.99. The van der Waals surface area contributed by atoms with Crippen molar-refractivity contribution in [2.75, 3.05) is 13.1 Å². The lowest BCUT2D eigenvalue weighted by molar-refractivity contribution is -0.130. The molecule has 0 saturated heterocycles. The van der Waals surface area contributed by atoms with Crippen molar-refractivity contribution in [1.29, 1.82) is 0 Å². The van der Waals surface area contributed by atoms with Gasteiger partial charge in [0.25, 0.3) is 5.91 Å². The van der Waals surface area contributed by atoms with E-state index in [0.717, 1.165) is 5.70 Å². The average molecular weight is 247 g/mol. The summed E-state index contributed by atoms with van der Waals surface area (Å²) in [5.41, 5.74) is 1.26. The van der Waals surface area contributed by atoms with Crippen LogP contribution in [-0.2, 0) is 16.1 Å². The summed E-state index contributed by atoms with van der Waals surface area (Å²) in [6, 6.07) is 3.60. The predicted octanol–water partition coefficient (Wildman–Crippen LogP) is -0.0571. The highest BCUT2D eigenvalue weighted by atomic mass is 16.3. The third-order valence-corrected chi connectivity index (χ3v) is 3.10. The van der Waals surface area contributed by atoms with Crippen LogP contribution in [0.1, 0.15) is 12.2 Å². The van der Waals surface area contributed by atoms with Gasteiger partial charge in [0.15, 0.2) is 0 Å². The molecule has 2 aliphatic heterocycles. The fourth-order valence-corrected chi connectivity index (χ4v) is 2.25. The SMILES string of the molecule is O=C1NCC(=O)N(Cc2ccco2)C2=C1NCC2. The Morgan fingerprint density at radius 3 is 3.00 bits per heavy atom. The molecule has 18 heavy (non-hydrogen) atoms. The standard InChI is InChI=1S/C12H13N3O3/c16-10-6-14-12(17)11-9(3-4-13-11)15(10)7-8-2-1-5-18-8/h1-2,5,13H,3-4,6-7H2,(H,14,17). The van der Waals surface area contributed by atoms with Gasteiger partial charge in [0.05, 0.1) is 25.0 Å². The molecule has 0 aromatic carbocycles. The molecule has 94 valence electrons. The maximum absolute atomic E-state index is 12.0. The van der Waals surface area contributed by atoms with Crippen molar-refractivity contribution in [2.45, 2.75) is 13.0 Å². The molecular formula is C12H13N3O3. The van der Waals surface area contributed by atoms with Crippen LogP contribution in [0, 0.1) is 0 Å². The second-order valence-electron chi connectivity index (χ2n) is 4.24. The summed E-state index contributed by atoms with van der Waals surface area (Å²) >= 11 is 0. The van der Waals surface area contributed by atoms with E-state index in [9.17, 15) is 9.59 Å². The first-order chi connectivity index (χ1) is 8.75. The molecule has 2 amide bonds. The zero-order chi connectivity index (χ0) is 12.5. The molecule has 0 fully saturated rings. The Balaban J connectivity index is 1.93. The number of nitrogens with zero attached hydrogens (tertiary/aromatic N) is 1. The van der Waals surface area contributed by atoms with Crippen molar-refractivity contribution >= 4 is 11.8 Å². The van der Waals surface area contributed by atoms with Crippen LogP contribution in [0.15, 0.2) is 34.2 Å². The summed E-state index contributed by atoms with van der Waals surface area (Å²) < 4.78 is 5.26. The van der Waals surface area contributed by atoms with Gasteiger partial charge in [-0.2, -0.15) is 0 Å². The van der Waals surface area contributed by atoms with Gasteiger partial charge in [-0.15, -0.1) is 0 Å². The molecular weight excluding hydrogens is 234 g/mol. The molecule has 6 nitrogen and oxygen atoms in total. The molecule has 0 aliphatic carbocycles. The summed E-state index contributed by atoms with van der Waals surface area (Å²) in [7, 11) is 0. The number of nitrogens with one attached hydrogen (secondary N) is 2. The van der Waals surface area contributed by atoms with E-state index in [1.54, 1.807) is 17.2 Å². The second-order valence-corrected chi connectivity index (χ2v) is 4.24. The first-order valence-electron chi connectivity index (χ1n) is 5.83. The van der Waals surface area contributed by atoms with Gasteiger partial charge in [0.2, 0.25) is 5.91 Å². The summed E-state index contributed by atoms with van der Waals surface area (Å²) in [6.45, 7) is 1.07. The Hall–Kier alpha value is -2.24. The van der Waals surface area contributed by atoms with Crippen LogP contribution >= 0.6 is 0 Å². The third-order valence-electron chi connectivity index (χ3n) is 3.10. The minimum atomic E-state index is -0.210. The second kappa shape index (κ2) is 4.21. The molecule has 1 aromatic rings. The molecule has 6 heteroatoms. The minimum absolute atomic E-state index is 0.0220. The molecule has 3 rings (SSSR count). The van der Waals surface area contributed by atoms with Crippen LogP contribution in [0.25, 0.3) is 0 Å². The van der Waals surface area contributed by atoms with E-state index in [2.05, 4.69) is 10.6 Å². The van der Waals surface area contributed by atoms with Gasteiger partial charge in [0, 0.05) is 13.0 Å². The van der Waals surface area contributed by atoms with Crippen molar-refractivity contribution in [3.8, 4) is 0 Å². The lowest BCUT2D eigenvalue weighted by Gasteiger charge is -2.21. The van der Waals surface area contributed by atoms with Crippen LogP contribution < -0.4 is 10.6 Å². The first kappa shape index (κ1) is 10.9. The number of carbonyl (C=O) groups is 2. The Morgan fingerprint density at radius 2 is 2.22 bits per heavy atom. The molecule has 2 N–H and O–H groups in total. The minimum Gasteiger partial charge on any atom is -0.467 e. The quantitative estimate of drug-likeness (QED) is 0.768. The van der Waals surface area contributed by atoms with E-state index in [1.165, 1.54) is 0 Å². The van der Waals surface area contributed by atoms with E-state index in [4.69, 9.17) is 4.42 Å². The molecule has 0 radical (unpaired) electrons. The lowest BCUT2D eigenvalue weighted by Crippen LogP contribution is -2.36. The highest BCUT2D eigenvalue weighted by Gasteiger charge is 2.32. The van der Waals surface area contributed by atoms with Gasteiger partial charge in [-0.05, 0) is 12.1 Å². The smallest absolute Gasteiger partial charge is 0.269 e. The van der Waals surface area contributed by atoms with E-state index in [0.29, 0.717) is 31.0 Å². The van der Waals surface area contributed by atoms with Crippen LogP contribution in [0.2, 0.25) is 0 Å². The zero-order valence-corrected chi connectivity index (χ0v) is 9.73. The van der Waals surface area contributed by atoms with Gasteiger partial charge in [-0.1, -0.05) is 0 Å². The largest absolute Gasteiger partial charge is 0.467 e. The average Bonchev–Trinajstić information content (AvgIpc) is 3.00. The van der Waals surface area contributed by atoms with Gasteiger partial charge < -0.3 is 20.0 Å². The number of amides is 2. The third kappa shape index (κ3) is 1.75. The monoisotopic (exact) mass is 247 g/mol. The van der Waals surface area contributed by atoms with Gasteiger partial charge in [-0.3, -0.25) is 9.59 Å². The van der Waals surface area contributed by atoms with Crippen molar-refractivity contribution in [3.05, 3.63) is 35.6 Å². The number of hydrogen-bond donors (Lipinski definition) is 2. The lowest BCUT2D eigenvalue weighted by atomic mass is 10.2. The Bertz CT molecular complexity index is 519. The number of hydrogen-bond acceptors (Lipinski definition) is 4. The molecule has 0 unspecified atom stereocenters. The van der Waals surface area contributed by atoms with Gasteiger partial charge >= 0.3 is 0 Å². The Kier molecular flexibility index (Phi) is 2.55. The first-order valence-corrected chi connectivity index (χ1v) is 5.83. The molecule has 3 heterocycles. The van der Waals surface area contributed by atoms with Crippen molar-refractivity contribution in [3.63, 3.8) is 0 Å². The van der Waals surface area contributed by atoms with Crippen molar-refractivity contribution in [2.24, 2.45) is 0 Å². The number of rotatable bonds is 2. The van der Waals surface area contributed by atoms with Crippen LogP contribution in [0.4, 0.5) is 0 Å². The van der Waals surface area contributed by atoms with E-state index >= 15 is 0 Å². The highest BCUT2D eigenvalue weighted by Crippen LogP contribution is 2.23. The Morgan fingerprint density at radius 1 is 1.33 bits per heavy atom. The van der Waals surface area contributed by atoms with Crippen LogP contribution in [-0.4, -0.2) is 29.8 Å². The molecule has 0 spiro atoms. The van der Waals surface area contributed by atoms with E-state index in [1.807, 2.05) is 6.07 Å². The van der Waals surface area contributed by atoms with E-state index in [-0.39, 0.29) is 18.4 Å².